The van der Waals surface area contributed by atoms with Gasteiger partial charge in [-0.1, -0.05) is 0 Å². The van der Waals surface area contributed by atoms with Gasteiger partial charge in [0.1, 0.15) is 10.4 Å². The van der Waals surface area contributed by atoms with Crippen molar-refractivity contribution in [3.8, 4) is 17.0 Å². The maximum absolute atomic E-state index is 12.0. The summed E-state index contributed by atoms with van der Waals surface area (Å²) in [6.45, 7) is 0. The van der Waals surface area contributed by atoms with E-state index in [1.54, 1.807) is 0 Å². The lowest BCUT2D eigenvalue weighted by Gasteiger charge is -2.09. The van der Waals surface area contributed by atoms with E-state index in [1.165, 1.54) is 36.7 Å². The Morgan fingerprint density at radius 3 is 2.17 bits per heavy atom. The summed E-state index contributed by atoms with van der Waals surface area (Å²) < 4.78 is 40.2. The first kappa shape index (κ1) is 12.8. The monoisotopic (exact) mass is 318 g/mol. The van der Waals surface area contributed by atoms with Crippen molar-refractivity contribution in [2.75, 3.05) is 0 Å². The highest BCUT2D eigenvalue weighted by molar-refractivity contribution is 9.10. The lowest BCUT2D eigenvalue weighted by molar-refractivity contribution is -0.274. The molecule has 18 heavy (non-hydrogen) atoms. The predicted octanol–water partition coefficient (Wildman–Crippen LogP) is 3.80. The van der Waals surface area contributed by atoms with Gasteiger partial charge in [0.05, 0.1) is 18.1 Å². The van der Waals surface area contributed by atoms with E-state index < -0.39 is 6.36 Å². The van der Waals surface area contributed by atoms with Gasteiger partial charge in [-0.25, -0.2) is 4.98 Å². The molecule has 0 aliphatic carbocycles. The molecule has 0 unspecified atom stereocenters. The number of benzene rings is 1. The standard InChI is InChI=1S/C11H6BrF3N2O/c12-10-6-16-9(5-17-10)7-1-3-8(4-2-7)18-11(13,14)15/h1-6H. The fourth-order valence-electron chi connectivity index (χ4n) is 1.29. The smallest absolute Gasteiger partial charge is 0.406 e. The van der Waals surface area contributed by atoms with Crippen LogP contribution in [0.25, 0.3) is 11.3 Å². The number of nitrogens with zero attached hydrogens (tertiary/aromatic N) is 2. The Morgan fingerprint density at radius 1 is 1.00 bits per heavy atom. The van der Waals surface area contributed by atoms with Crippen LogP contribution in [0.3, 0.4) is 0 Å². The number of alkyl halides is 3. The van der Waals surface area contributed by atoms with E-state index in [1.807, 2.05) is 0 Å². The van der Waals surface area contributed by atoms with Crippen LogP contribution >= 0.6 is 15.9 Å². The first-order valence-corrected chi connectivity index (χ1v) is 5.57. The van der Waals surface area contributed by atoms with Crippen molar-refractivity contribution in [3.05, 3.63) is 41.3 Å². The van der Waals surface area contributed by atoms with Crippen molar-refractivity contribution in [3.63, 3.8) is 0 Å². The molecule has 3 nitrogen and oxygen atoms in total. The third-order valence-corrected chi connectivity index (χ3v) is 2.41. The zero-order chi connectivity index (χ0) is 13.2. The number of hydrogen-bond acceptors (Lipinski definition) is 3. The molecule has 7 heteroatoms. The molecule has 2 rings (SSSR count). The Balaban J connectivity index is 2.20. The molecule has 94 valence electrons. The molecular weight excluding hydrogens is 313 g/mol. The van der Waals surface area contributed by atoms with Crippen molar-refractivity contribution < 1.29 is 17.9 Å². The average Bonchev–Trinajstić information content (AvgIpc) is 2.29. The normalized spacial score (nSPS) is 11.3. The zero-order valence-corrected chi connectivity index (χ0v) is 10.4. The molecule has 0 spiro atoms. The number of hydrogen-bond donors (Lipinski definition) is 0. The molecule has 0 N–H and O–H groups in total. The zero-order valence-electron chi connectivity index (χ0n) is 8.78. The summed E-state index contributed by atoms with van der Waals surface area (Å²) in [5, 5.41) is 0. The van der Waals surface area contributed by atoms with E-state index in [0.29, 0.717) is 15.9 Å². The predicted molar refractivity (Wildman–Crippen MR) is 61.9 cm³/mol. The Morgan fingerprint density at radius 2 is 1.67 bits per heavy atom. The summed E-state index contributed by atoms with van der Waals surface area (Å²) in [7, 11) is 0. The molecule has 2 aromatic rings. The molecule has 0 aliphatic rings. The summed E-state index contributed by atoms with van der Waals surface area (Å²) in [6.07, 6.45) is -1.65. The molecule has 0 bridgehead atoms. The topological polar surface area (TPSA) is 35.0 Å². The quantitative estimate of drug-likeness (QED) is 0.844. The highest BCUT2D eigenvalue weighted by Crippen LogP contribution is 2.25. The minimum atomic E-state index is -4.68. The fourth-order valence-corrected chi connectivity index (χ4v) is 1.49. The number of rotatable bonds is 2. The Labute approximate surface area is 109 Å². The second kappa shape index (κ2) is 4.93. The SMILES string of the molecule is FC(F)(F)Oc1ccc(-c2cnc(Br)cn2)cc1. The van der Waals surface area contributed by atoms with Gasteiger partial charge < -0.3 is 4.74 Å². The minimum Gasteiger partial charge on any atom is -0.406 e. The Hall–Kier alpha value is -1.63. The molecule has 1 aromatic carbocycles. The van der Waals surface area contributed by atoms with Crippen molar-refractivity contribution in [2.24, 2.45) is 0 Å². The van der Waals surface area contributed by atoms with Gasteiger partial charge in [0, 0.05) is 5.56 Å². The van der Waals surface area contributed by atoms with Gasteiger partial charge in [-0.2, -0.15) is 0 Å². The lowest BCUT2D eigenvalue weighted by Crippen LogP contribution is -2.16. The second-order valence-corrected chi connectivity index (χ2v) is 4.11. The van der Waals surface area contributed by atoms with Crippen LogP contribution in [0.5, 0.6) is 5.75 Å². The maximum atomic E-state index is 12.0. The highest BCUT2D eigenvalue weighted by atomic mass is 79.9. The van der Waals surface area contributed by atoms with Crippen LogP contribution in [0.15, 0.2) is 41.3 Å². The van der Waals surface area contributed by atoms with Gasteiger partial charge in [0.25, 0.3) is 0 Å². The second-order valence-electron chi connectivity index (χ2n) is 3.30. The average molecular weight is 319 g/mol. The van der Waals surface area contributed by atoms with Crippen LogP contribution in [0.4, 0.5) is 13.2 Å². The molecule has 0 aliphatic heterocycles. The number of halogens is 4. The molecule has 1 heterocycles. The van der Waals surface area contributed by atoms with Crippen LogP contribution in [0, 0.1) is 0 Å². The van der Waals surface area contributed by atoms with Gasteiger partial charge >= 0.3 is 6.36 Å². The molecule has 1 aromatic heterocycles. The summed E-state index contributed by atoms with van der Waals surface area (Å²) in [6, 6.07) is 5.43. The van der Waals surface area contributed by atoms with E-state index in [4.69, 9.17) is 0 Å². The van der Waals surface area contributed by atoms with Crippen molar-refractivity contribution in [1.29, 1.82) is 0 Å². The number of ether oxygens (including phenoxy) is 1. The fraction of sp³-hybridized carbons (Fsp3) is 0.0909. The van der Waals surface area contributed by atoms with Crippen LogP contribution in [-0.2, 0) is 0 Å². The van der Waals surface area contributed by atoms with Gasteiger partial charge in [-0.15, -0.1) is 13.2 Å². The highest BCUT2D eigenvalue weighted by Gasteiger charge is 2.30. The molecule has 0 amide bonds. The molecular formula is C11H6BrF3N2O. The van der Waals surface area contributed by atoms with Crippen LogP contribution in [-0.4, -0.2) is 16.3 Å². The number of aromatic nitrogens is 2. The molecule has 0 atom stereocenters. The summed E-state index contributed by atoms with van der Waals surface area (Å²) in [5.41, 5.74) is 1.22. The molecule has 0 fully saturated rings. The van der Waals surface area contributed by atoms with Crippen LogP contribution < -0.4 is 4.74 Å². The van der Waals surface area contributed by atoms with Crippen molar-refractivity contribution >= 4 is 15.9 Å². The van der Waals surface area contributed by atoms with E-state index >= 15 is 0 Å². The summed E-state index contributed by atoms with van der Waals surface area (Å²) in [4.78, 5) is 8.06. The molecule has 0 radical (unpaired) electrons. The van der Waals surface area contributed by atoms with Crippen molar-refractivity contribution in [1.82, 2.24) is 9.97 Å². The Bertz CT molecular complexity index is 525. The van der Waals surface area contributed by atoms with Gasteiger partial charge in [-0.3, -0.25) is 4.98 Å². The van der Waals surface area contributed by atoms with Gasteiger partial charge in [-0.05, 0) is 40.2 Å². The van der Waals surface area contributed by atoms with Crippen LogP contribution in [0.1, 0.15) is 0 Å². The van der Waals surface area contributed by atoms with Crippen LogP contribution in [0.2, 0.25) is 0 Å². The lowest BCUT2D eigenvalue weighted by atomic mass is 10.1. The third kappa shape index (κ3) is 3.43. The van der Waals surface area contributed by atoms with Crippen molar-refractivity contribution in [2.45, 2.75) is 6.36 Å². The maximum Gasteiger partial charge on any atom is 0.573 e. The first-order chi connectivity index (χ1) is 8.44. The van der Waals surface area contributed by atoms with Gasteiger partial charge in [0.2, 0.25) is 0 Å². The first-order valence-electron chi connectivity index (χ1n) is 4.78. The summed E-state index contributed by atoms with van der Waals surface area (Å²) >= 11 is 3.14. The summed E-state index contributed by atoms with van der Waals surface area (Å²) in [5.74, 6) is -0.267. The minimum absolute atomic E-state index is 0.267. The van der Waals surface area contributed by atoms with Gasteiger partial charge in [0.15, 0.2) is 0 Å². The largest absolute Gasteiger partial charge is 0.573 e. The molecule has 0 saturated heterocycles. The van der Waals surface area contributed by atoms with E-state index in [2.05, 4.69) is 30.6 Å². The van der Waals surface area contributed by atoms with E-state index in [9.17, 15) is 13.2 Å². The van der Waals surface area contributed by atoms with E-state index in [0.717, 1.165) is 0 Å². The molecule has 0 saturated carbocycles. The Kier molecular flexibility index (Phi) is 3.51. The third-order valence-electron chi connectivity index (χ3n) is 2.00. The van der Waals surface area contributed by atoms with E-state index in [-0.39, 0.29) is 5.75 Å².